The summed E-state index contributed by atoms with van der Waals surface area (Å²) in [5.74, 6) is -0.0368. The molecule has 0 fully saturated rings. The van der Waals surface area contributed by atoms with Gasteiger partial charge in [0, 0.05) is 10.3 Å². The molecular weight excluding hydrogens is 382 g/mol. The Bertz CT molecular complexity index is 947. The van der Waals surface area contributed by atoms with Crippen LogP contribution < -0.4 is 5.43 Å². The van der Waals surface area contributed by atoms with Crippen molar-refractivity contribution in [3.8, 4) is 0 Å². The molecule has 0 radical (unpaired) electrons. The highest BCUT2D eigenvalue weighted by atomic mass is 32.1. The Labute approximate surface area is 146 Å². The van der Waals surface area contributed by atoms with Gasteiger partial charge in [0.25, 0.3) is 0 Å². The summed E-state index contributed by atoms with van der Waals surface area (Å²) in [7, 11) is 0. The van der Waals surface area contributed by atoms with E-state index in [2.05, 4.69) is 20.5 Å². The number of hydrogen-bond acceptors (Lipinski definition) is 5. The van der Waals surface area contributed by atoms with Gasteiger partial charge in [0.1, 0.15) is 11.5 Å². The van der Waals surface area contributed by atoms with Gasteiger partial charge >= 0.3 is 12.4 Å². The van der Waals surface area contributed by atoms with Crippen molar-refractivity contribution in [1.82, 2.24) is 9.97 Å². The molecule has 0 spiro atoms. The van der Waals surface area contributed by atoms with Gasteiger partial charge in [0.05, 0.1) is 11.8 Å². The molecule has 0 amide bonds. The van der Waals surface area contributed by atoms with Crippen molar-refractivity contribution >= 4 is 34.4 Å². The standard InChI is InChI=1S/C15H8F6N4S/c16-14(17,18)10-6-11(15(19,20)21)23-13-9(10)3-4-12(24-13)25-22-7-8-2-1-5-26-8/h1-7H,(H,23,24,25). The normalized spacial score (nSPS) is 12.8. The van der Waals surface area contributed by atoms with Crippen molar-refractivity contribution in [2.45, 2.75) is 12.4 Å². The van der Waals surface area contributed by atoms with E-state index in [0.717, 1.165) is 10.9 Å². The Morgan fingerprint density at radius 1 is 1.00 bits per heavy atom. The van der Waals surface area contributed by atoms with Gasteiger partial charge in [-0.25, -0.2) is 9.97 Å². The molecule has 4 nitrogen and oxygen atoms in total. The van der Waals surface area contributed by atoms with Gasteiger partial charge < -0.3 is 0 Å². The highest BCUT2D eigenvalue weighted by Crippen LogP contribution is 2.38. The molecular formula is C15H8F6N4S. The van der Waals surface area contributed by atoms with Crippen molar-refractivity contribution in [3.63, 3.8) is 0 Å². The zero-order valence-electron chi connectivity index (χ0n) is 12.6. The molecule has 11 heteroatoms. The Morgan fingerprint density at radius 3 is 2.38 bits per heavy atom. The van der Waals surface area contributed by atoms with Crippen LogP contribution in [-0.4, -0.2) is 16.2 Å². The van der Waals surface area contributed by atoms with Crippen LogP contribution in [0.4, 0.5) is 32.2 Å². The summed E-state index contributed by atoms with van der Waals surface area (Å²) in [6.07, 6.45) is -8.57. The molecule has 3 aromatic rings. The Kier molecular flexibility index (Phi) is 4.57. The van der Waals surface area contributed by atoms with E-state index in [1.807, 2.05) is 5.38 Å². The number of pyridine rings is 2. The fourth-order valence-electron chi connectivity index (χ4n) is 2.07. The summed E-state index contributed by atoms with van der Waals surface area (Å²) in [6, 6.07) is 5.73. The zero-order chi connectivity index (χ0) is 18.9. The van der Waals surface area contributed by atoms with Gasteiger partial charge in [-0.1, -0.05) is 6.07 Å². The number of hydrogen-bond donors (Lipinski definition) is 1. The first-order chi connectivity index (χ1) is 12.1. The molecule has 136 valence electrons. The second-order valence-electron chi connectivity index (χ2n) is 5.00. The number of rotatable bonds is 3. The second kappa shape index (κ2) is 6.56. The van der Waals surface area contributed by atoms with E-state index in [1.54, 1.807) is 12.1 Å². The van der Waals surface area contributed by atoms with Crippen LogP contribution >= 0.6 is 11.3 Å². The summed E-state index contributed by atoms with van der Waals surface area (Å²) in [4.78, 5) is 7.72. The third kappa shape index (κ3) is 3.93. The van der Waals surface area contributed by atoms with Crippen LogP contribution in [0.5, 0.6) is 0 Å². The van der Waals surface area contributed by atoms with Gasteiger partial charge in [0.2, 0.25) is 0 Å². The average Bonchev–Trinajstić information content (AvgIpc) is 3.05. The highest BCUT2D eigenvalue weighted by molar-refractivity contribution is 7.11. The van der Waals surface area contributed by atoms with Gasteiger partial charge in [-0.15, -0.1) is 11.3 Å². The SMILES string of the molecule is FC(F)(F)c1cc(C(F)(F)F)c2ccc(NN=Cc3cccs3)nc2n1. The van der Waals surface area contributed by atoms with E-state index in [1.165, 1.54) is 23.6 Å². The molecule has 0 unspecified atom stereocenters. The molecule has 0 bridgehead atoms. The molecule has 0 aromatic carbocycles. The average molecular weight is 390 g/mol. The van der Waals surface area contributed by atoms with Crippen molar-refractivity contribution in [2.75, 3.05) is 5.43 Å². The van der Waals surface area contributed by atoms with Crippen LogP contribution in [0, 0.1) is 0 Å². The van der Waals surface area contributed by atoms with Crippen molar-refractivity contribution in [2.24, 2.45) is 5.10 Å². The molecule has 0 aliphatic rings. The summed E-state index contributed by atoms with van der Waals surface area (Å²) in [6.45, 7) is 0. The number of aromatic nitrogens is 2. The van der Waals surface area contributed by atoms with Crippen LogP contribution in [0.15, 0.2) is 40.8 Å². The number of hydrazone groups is 1. The molecule has 1 N–H and O–H groups in total. The summed E-state index contributed by atoms with van der Waals surface area (Å²) in [5.41, 5.74) is -1.33. The van der Waals surface area contributed by atoms with Crippen molar-refractivity contribution < 1.29 is 26.3 Å². The number of nitrogens with one attached hydrogen (secondary N) is 1. The number of halogens is 6. The lowest BCUT2D eigenvalue weighted by atomic mass is 10.1. The Hall–Kier alpha value is -2.69. The number of alkyl halides is 6. The van der Waals surface area contributed by atoms with E-state index in [9.17, 15) is 26.3 Å². The Morgan fingerprint density at radius 2 is 1.77 bits per heavy atom. The second-order valence-corrected chi connectivity index (χ2v) is 5.98. The fourth-order valence-corrected chi connectivity index (χ4v) is 2.66. The largest absolute Gasteiger partial charge is 0.433 e. The summed E-state index contributed by atoms with van der Waals surface area (Å²) >= 11 is 1.40. The molecule has 3 heterocycles. The maximum atomic E-state index is 13.1. The zero-order valence-corrected chi connectivity index (χ0v) is 13.4. The third-order valence-corrected chi connectivity index (χ3v) is 3.99. The van der Waals surface area contributed by atoms with E-state index >= 15 is 0 Å². The quantitative estimate of drug-likeness (QED) is 0.381. The minimum atomic E-state index is -5.03. The molecule has 0 saturated heterocycles. The molecule has 0 aliphatic carbocycles. The Balaban J connectivity index is 2.02. The van der Waals surface area contributed by atoms with E-state index in [4.69, 9.17) is 0 Å². The third-order valence-electron chi connectivity index (χ3n) is 3.18. The predicted octanol–water partition coefficient (Wildman–Crippen LogP) is 5.17. The summed E-state index contributed by atoms with van der Waals surface area (Å²) in [5, 5.41) is 5.12. The molecule has 0 atom stereocenters. The molecule has 0 aliphatic heterocycles. The molecule has 26 heavy (non-hydrogen) atoms. The first-order valence-corrected chi connectivity index (χ1v) is 7.81. The van der Waals surface area contributed by atoms with Crippen LogP contribution in [0.1, 0.15) is 16.1 Å². The lowest BCUT2D eigenvalue weighted by Crippen LogP contribution is -2.14. The number of nitrogens with zero attached hydrogens (tertiary/aromatic N) is 3. The first kappa shape index (κ1) is 18.1. The molecule has 3 aromatic heterocycles. The van der Waals surface area contributed by atoms with Gasteiger partial charge in [-0.2, -0.15) is 31.4 Å². The van der Waals surface area contributed by atoms with E-state index in [0.29, 0.717) is 0 Å². The number of anilines is 1. The van der Waals surface area contributed by atoms with E-state index < -0.39 is 34.6 Å². The smallest absolute Gasteiger partial charge is 0.261 e. The molecule has 3 rings (SSSR count). The van der Waals surface area contributed by atoms with Crippen LogP contribution in [0.3, 0.4) is 0 Å². The van der Waals surface area contributed by atoms with Crippen molar-refractivity contribution in [1.29, 1.82) is 0 Å². The first-order valence-electron chi connectivity index (χ1n) is 6.93. The minimum Gasteiger partial charge on any atom is -0.261 e. The van der Waals surface area contributed by atoms with Gasteiger partial charge in [-0.3, -0.25) is 5.43 Å². The lowest BCUT2D eigenvalue weighted by molar-refractivity contribution is -0.144. The minimum absolute atomic E-state index is 0.0218. The van der Waals surface area contributed by atoms with Crippen molar-refractivity contribution in [3.05, 3.63) is 51.8 Å². The van der Waals surface area contributed by atoms with Crippen LogP contribution in [-0.2, 0) is 12.4 Å². The topological polar surface area (TPSA) is 50.2 Å². The molecule has 0 saturated carbocycles. The maximum absolute atomic E-state index is 13.1. The number of thiophene rings is 1. The predicted molar refractivity (Wildman–Crippen MR) is 85.1 cm³/mol. The maximum Gasteiger partial charge on any atom is 0.433 e. The lowest BCUT2D eigenvalue weighted by Gasteiger charge is -2.14. The van der Waals surface area contributed by atoms with Crippen LogP contribution in [0.25, 0.3) is 11.0 Å². The van der Waals surface area contributed by atoms with Gasteiger partial charge in [0.15, 0.2) is 5.65 Å². The van der Waals surface area contributed by atoms with Gasteiger partial charge in [-0.05, 0) is 29.6 Å². The van der Waals surface area contributed by atoms with Crippen LogP contribution in [0.2, 0.25) is 0 Å². The van der Waals surface area contributed by atoms with E-state index in [-0.39, 0.29) is 11.9 Å². The monoisotopic (exact) mass is 390 g/mol. The summed E-state index contributed by atoms with van der Waals surface area (Å²) < 4.78 is 77.8. The number of fused-ring (bicyclic) bond motifs is 1. The highest BCUT2D eigenvalue weighted by Gasteiger charge is 2.39. The fraction of sp³-hybridized carbons (Fsp3) is 0.133.